The fraction of sp³-hybridized carbons (Fsp3) is 0.200. The number of nitrogens with one attached hydrogen (secondary N) is 1. The molecule has 3 N–H and O–H groups in total. The Bertz CT molecular complexity index is 368. The Morgan fingerprint density at radius 1 is 1.50 bits per heavy atom. The average Bonchev–Trinajstić information content (AvgIpc) is 2.29. The second-order valence-electron chi connectivity index (χ2n) is 2.32. The molecule has 62 valence electrons. The summed E-state index contributed by atoms with van der Waals surface area (Å²) in [6.45, 7) is 0. The number of aromatic nitrogens is 3. The zero-order chi connectivity index (χ0) is 8.72. The summed E-state index contributed by atoms with van der Waals surface area (Å²) < 4.78 is 0.983. The van der Waals surface area contributed by atoms with Crippen molar-refractivity contribution < 1.29 is 9.59 Å². The minimum absolute atomic E-state index is 0.0273. The van der Waals surface area contributed by atoms with Crippen LogP contribution in [0.15, 0.2) is 0 Å². The van der Waals surface area contributed by atoms with Crippen LogP contribution in [0.4, 0.5) is 11.9 Å². The van der Waals surface area contributed by atoms with Gasteiger partial charge in [-0.25, -0.2) is 0 Å². The largest absolute Gasteiger partial charge is 0.366 e. The van der Waals surface area contributed by atoms with E-state index in [1.807, 2.05) is 0 Å². The molecule has 0 spiro atoms. The number of nitrogen functional groups attached to an aromatic ring is 1. The molecule has 0 unspecified atom stereocenters. The van der Waals surface area contributed by atoms with Crippen molar-refractivity contribution in [2.45, 2.75) is 6.42 Å². The summed E-state index contributed by atoms with van der Waals surface area (Å²) in [5, 5.41) is 5.95. The molecule has 1 aliphatic heterocycles. The monoisotopic (exact) mass is 167 g/mol. The average molecular weight is 167 g/mol. The summed E-state index contributed by atoms with van der Waals surface area (Å²) in [5.41, 5.74) is 5.22. The van der Waals surface area contributed by atoms with E-state index in [0.29, 0.717) is 0 Å². The van der Waals surface area contributed by atoms with E-state index in [2.05, 4.69) is 15.4 Å². The summed E-state index contributed by atoms with van der Waals surface area (Å²) in [6, 6.07) is 0. The van der Waals surface area contributed by atoms with Gasteiger partial charge in [-0.3, -0.25) is 14.9 Å². The molecule has 7 nitrogen and oxygen atoms in total. The Labute approximate surface area is 66.6 Å². The SMILES string of the molecule is Nc1nc2n(n1)C(=O)CC(=O)N2. The minimum Gasteiger partial charge on any atom is -0.366 e. The van der Waals surface area contributed by atoms with Gasteiger partial charge in [0.2, 0.25) is 17.8 Å². The molecule has 0 saturated heterocycles. The number of carbonyl (C=O) groups is 2. The van der Waals surface area contributed by atoms with E-state index in [0.717, 1.165) is 4.68 Å². The van der Waals surface area contributed by atoms with Crippen molar-refractivity contribution in [1.29, 1.82) is 0 Å². The van der Waals surface area contributed by atoms with Gasteiger partial charge in [0.25, 0.3) is 5.91 Å². The fourth-order valence-electron chi connectivity index (χ4n) is 0.964. The van der Waals surface area contributed by atoms with Crippen LogP contribution in [0.2, 0.25) is 0 Å². The van der Waals surface area contributed by atoms with Gasteiger partial charge in [0.15, 0.2) is 0 Å². The summed E-state index contributed by atoms with van der Waals surface area (Å²) in [4.78, 5) is 25.5. The van der Waals surface area contributed by atoms with Crippen molar-refractivity contribution >= 4 is 23.7 Å². The molecule has 1 amide bonds. The van der Waals surface area contributed by atoms with Crippen molar-refractivity contribution in [2.75, 3.05) is 11.1 Å². The van der Waals surface area contributed by atoms with Crippen LogP contribution >= 0.6 is 0 Å². The van der Waals surface area contributed by atoms with Crippen molar-refractivity contribution in [2.24, 2.45) is 0 Å². The quantitative estimate of drug-likeness (QED) is 0.474. The van der Waals surface area contributed by atoms with Crippen molar-refractivity contribution in [3.63, 3.8) is 0 Å². The third-order valence-electron chi connectivity index (χ3n) is 1.42. The van der Waals surface area contributed by atoms with Crippen LogP contribution < -0.4 is 11.1 Å². The topological polar surface area (TPSA) is 103 Å². The first kappa shape index (κ1) is 6.77. The van der Waals surface area contributed by atoms with E-state index >= 15 is 0 Å². The number of fused-ring (bicyclic) bond motifs is 1. The lowest BCUT2D eigenvalue weighted by Gasteiger charge is -2.09. The first-order chi connectivity index (χ1) is 5.66. The molecule has 12 heavy (non-hydrogen) atoms. The molecule has 1 aliphatic rings. The van der Waals surface area contributed by atoms with Crippen LogP contribution in [0.3, 0.4) is 0 Å². The summed E-state index contributed by atoms with van der Waals surface area (Å²) in [6.07, 6.45) is -0.213. The molecule has 0 atom stereocenters. The van der Waals surface area contributed by atoms with E-state index in [1.54, 1.807) is 0 Å². The van der Waals surface area contributed by atoms with Gasteiger partial charge in [0.05, 0.1) is 0 Å². The number of anilines is 2. The fourth-order valence-corrected chi connectivity index (χ4v) is 0.964. The lowest BCUT2D eigenvalue weighted by molar-refractivity contribution is -0.115. The molecule has 2 heterocycles. The summed E-state index contributed by atoms with van der Waals surface area (Å²) >= 11 is 0. The van der Waals surface area contributed by atoms with Crippen molar-refractivity contribution in [3.05, 3.63) is 0 Å². The highest BCUT2D eigenvalue weighted by Crippen LogP contribution is 2.11. The highest BCUT2D eigenvalue weighted by Gasteiger charge is 2.24. The van der Waals surface area contributed by atoms with Gasteiger partial charge in [0, 0.05) is 0 Å². The Hall–Kier alpha value is -1.92. The Morgan fingerprint density at radius 3 is 3.00 bits per heavy atom. The zero-order valence-electron chi connectivity index (χ0n) is 5.94. The summed E-state index contributed by atoms with van der Waals surface area (Å²) in [5.74, 6) is -0.743. The highest BCUT2D eigenvalue weighted by atomic mass is 16.2. The molecule has 0 fully saturated rings. The highest BCUT2D eigenvalue weighted by molar-refractivity contribution is 6.08. The molecule has 1 aromatic rings. The molecular weight excluding hydrogens is 162 g/mol. The lowest BCUT2D eigenvalue weighted by Crippen LogP contribution is -2.30. The van der Waals surface area contributed by atoms with Crippen LogP contribution in [0, 0.1) is 0 Å². The number of amides is 1. The molecule has 2 rings (SSSR count). The second kappa shape index (κ2) is 2.03. The maximum atomic E-state index is 11.1. The number of rotatable bonds is 0. The number of nitrogens with zero attached hydrogens (tertiary/aromatic N) is 3. The lowest BCUT2D eigenvalue weighted by atomic mass is 10.3. The molecule has 0 aromatic carbocycles. The predicted octanol–water partition coefficient (Wildman–Crippen LogP) is -1.16. The molecule has 0 bridgehead atoms. The molecule has 0 saturated carbocycles. The van der Waals surface area contributed by atoms with E-state index in [1.165, 1.54) is 0 Å². The Balaban J connectivity index is 2.53. The van der Waals surface area contributed by atoms with Gasteiger partial charge < -0.3 is 5.73 Å². The van der Waals surface area contributed by atoms with E-state index in [4.69, 9.17) is 5.73 Å². The van der Waals surface area contributed by atoms with E-state index < -0.39 is 5.91 Å². The van der Waals surface area contributed by atoms with Crippen LogP contribution in [0.25, 0.3) is 0 Å². The van der Waals surface area contributed by atoms with Gasteiger partial charge in [-0.15, -0.1) is 5.10 Å². The predicted molar refractivity (Wildman–Crippen MR) is 38.3 cm³/mol. The number of hydrogen-bond donors (Lipinski definition) is 2. The van der Waals surface area contributed by atoms with Crippen molar-refractivity contribution in [1.82, 2.24) is 14.8 Å². The van der Waals surface area contributed by atoms with E-state index in [-0.39, 0.29) is 24.2 Å². The van der Waals surface area contributed by atoms with Crippen LogP contribution in [0.1, 0.15) is 11.2 Å². The number of carbonyl (C=O) groups excluding carboxylic acids is 2. The smallest absolute Gasteiger partial charge is 0.259 e. The normalized spacial score (nSPS) is 15.7. The van der Waals surface area contributed by atoms with Crippen LogP contribution in [-0.4, -0.2) is 26.6 Å². The number of hydrogen-bond acceptors (Lipinski definition) is 5. The molecule has 0 aliphatic carbocycles. The first-order valence-electron chi connectivity index (χ1n) is 3.22. The maximum absolute atomic E-state index is 11.1. The van der Waals surface area contributed by atoms with Gasteiger partial charge in [-0.2, -0.15) is 9.67 Å². The molecular formula is C5H5N5O2. The zero-order valence-corrected chi connectivity index (χ0v) is 5.94. The molecule has 0 radical (unpaired) electrons. The standard InChI is InChI=1S/C5H5N5O2/c6-4-8-5-7-2(11)1-3(12)10(5)9-4/h1H2,(H3,6,7,8,9,11). The van der Waals surface area contributed by atoms with Crippen molar-refractivity contribution in [3.8, 4) is 0 Å². The summed E-state index contributed by atoms with van der Waals surface area (Å²) in [7, 11) is 0. The van der Waals surface area contributed by atoms with Crippen LogP contribution in [-0.2, 0) is 4.79 Å². The third kappa shape index (κ3) is 0.831. The second-order valence-corrected chi connectivity index (χ2v) is 2.32. The Morgan fingerprint density at radius 2 is 2.25 bits per heavy atom. The first-order valence-corrected chi connectivity index (χ1v) is 3.22. The minimum atomic E-state index is -0.419. The molecule has 1 aromatic heterocycles. The number of nitrogens with two attached hydrogens (primary N) is 1. The van der Waals surface area contributed by atoms with Crippen LogP contribution in [0.5, 0.6) is 0 Å². The van der Waals surface area contributed by atoms with Gasteiger partial charge in [-0.05, 0) is 0 Å². The maximum Gasteiger partial charge on any atom is 0.259 e. The molecule has 7 heteroatoms. The van der Waals surface area contributed by atoms with Gasteiger partial charge in [-0.1, -0.05) is 0 Å². The van der Waals surface area contributed by atoms with E-state index in [9.17, 15) is 9.59 Å². The Kier molecular flexibility index (Phi) is 1.15. The van der Waals surface area contributed by atoms with Gasteiger partial charge in [0.1, 0.15) is 6.42 Å². The third-order valence-corrected chi connectivity index (χ3v) is 1.42. The van der Waals surface area contributed by atoms with Gasteiger partial charge >= 0.3 is 0 Å².